The minimum atomic E-state index is -0.805. The van der Waals surface area contributed by atoms with Crippen LogP contribution < -0.4 is 5.32 Å². The van der Waals surface area contributed by atoms with Gasteiger partial charge in [0.05, 0.1) is 6.54 Å². The number of aryl methyl sites for hydroxylation is 1. The molecule has 1 aromatic rings. The largest absolute Gasteiger partial charge is 0.464 e. The molecular formula is C18H25N3O4. The van der Waals surface area contributed by atoms with Crippen LogP contribution in [0, 0.1) is 12.8 Å². The lowest BCUT2D eigenvalue weighted by atomic mass is 9.77. The maximum Gasteiger partial charge on any atom is 0.325 e. The number of hydrogen-bond donors (Lipinski definition) is 1. The number of likely N-dealkylation sites (N-methyl/N-ethyl adjacent to an activating group) is 1. The molecule has 2 fully saturated rings. The number of amides is 4. The van der Waals surface area contributed by atoms with Crippen molar-refractivity contribution < 1.29 is 18.8 Å². The van der Waals surface area contributed by atoms with Crippen LogP contribution in [-0.2, 0) is 16.1 Å². The highest BCUT2D eigenvalue weighted by Crippen LogP contribution is 2.36. The first-order valence-corrected chi connectivity index (χ1v) is 8.74. The van der Waals surface area contributed by atoms with Crippen LogP contribution in [0.15, 0.2) is 16.5 Å². The highest BCUT2D eigenvalue weighted by atomic mass is 16.3. The van der Waals surface area contributed by atoms with E-state index in [4.69, 9.17) is 4.42 Å². The van der Waals surface area contributed by atoms with Crippen molar-refractivity contribution in [1.29, 1.82) is 0 Å². The standard InChI is InChI=1S/C18H25N3O4/c1-12-6-8-18(9-7-12)16(23)21(17(24)19-18)11-15(22)20(3)10-14-5-4-13(2)25-14/h4-5,12H,6-11H2,1-3H3,(H,19,24). The SMILES string of the molecule is Cc1ccc(CN(C)C(=O)CN2C(=O)NC3(CCC(C)CC3)C2=O)o1. The van der Waals surface area contributed by atoms with Gasteiger partial charge in [-0.1, -0.05) is 6.92 Å². The van der Waals surface area contributed by atoms with Crippen molar-refractivity contribution in [1.82, 2.24) is 15.1 Å². The van der Waals surface area contributed by atoms with Crippen LogP contribution in [0.2, 0.25) is 0 Å². The second-order valence-electron chi connectivity index (χ2n) is 7.35. The summed E-state index contributed by atoms with van der Waals surface area (Å²) in [6, 6.07) is 3.18. The van der Waals surface area contributed by atoms with Crippen molar-refractivity contribution in [3.05, 3.63) is 23.7 Å². The zero-order chi connectivity index (χ0) is 18.2. The number of nitrogens with one attached hydrogen (secondary N) is 1. The van der Waals surface area contributed by atoms with Gasteiger partial charge in [0.2, 0.25) is 5.91 Å². The number of carbonyl (C=O) groups excluding carboxylic acids is 3. The van der Waals surface area contributed by atoms with E-state index in [1.165, 1.54) is 4.90 Å². The van der Waals surface area contributed by atoms with E-state index < -0.39 is 11.6 Å². The average Bonchev–Trinajstić information content (AvgIpc) is 3.07. The van der Waals surface area contributed by atoms with Gasteiger partial charge in [0, 0.05) is 7.05 Å². The van der Waals surface area contributed by atoms with Crippen LogP contribution in [0.5, 0.6) is 0 Å². The van der Waals surface area contributed by atoms with Gasteiger partial charge < -0.3 is 14.6 Å². The molecule has 7 heteroatoms. The highest BCUT2D eigenvalue weighted by molar-refractivity contribution is 6.09. The Kier molecular flexibility index (Phi) is 4.58. The van der Waals surface area contributed by atoms with Gasteiger partial charge in [0.1, 0.15) is 23.6 Å². The first-order chi connectivity index (χ1) is 11.8. The molecule has 0 atom stereocenters. The summed E-state index contributed by atoms with van der Waals surface area (Å²) >= 11 is 0. The molecule has 0 radical (unpaired) electrons. The molecule has 1 N–H and O–H groups in total. The van der Waals surface area contributed by atoms with Crippen LogP contribution in [-0.4, -0.2) is 46.8 Å². The quantitative estimate of drug-likeness (QED) is 0.845. The fourth-order valence-corrected chi connectivity index (χ4v) is 3.56. The molecule has 0 bridgehead atoms. The van der Waals surface area contributed by atoms with Crippen LogP contribution >= 0.6 is 0 Å². The third-order valence-electron chi connectivity index (χ3n) is 5.28. The van der Waals surface area contributed by atoms with Crippen molar-refractivity contribution in [3.63, 3.8) is 0 Å². The molecule has 2 aliphatic rings. The van der Waals surface area contributed by atoms with Gasteiger partial charge in [-0.05, 0) is 50.7 Å². The minimum absolute atomic E-state index is 0.238. The smallest absolute Gasteiger partial charge is 0.325 e. The average molecular weight is 347 g/mol. The summed E-state index contributed by atoms with van der Waals surface area (Å²) in [7, 11) is 1.64. The van der Waals surface area contributed by atoms with Crippen molar-refractivity contribution in [2.24, 2.45) is 5.92 Å². The number of carbonyl (C=O) groups is 3. The maximum absolute atomic E-state index is 12.8. The topological polar surface area (TPSA) is 82.9 Å². The Balaban J connectivity index is 1.62. The number of rotatable bonds is 4. The minimum Gasteiger partial charge on any atom is -0.464 e. The summed E-state index contributed by atoms with van der Waals surface area (Å²) in [5.74, 6) is 1.45. The van der Waals surface area contributed by atoms with Crippen molar-refractivity contribution >= 4 is 17.8 Å². The van der Waals surface area contributed by atoms with E-state index in [2.05, 4.69) is 12.2 Å². The molecule has 3 rings (SSSR count). The Morgan fingerprint density at radius 2 is 2.04 bits per heavy atom. The molecule has 0 aromatic carbocycles. The van der Waals surface area contributed by atoms with Gasteiger partial charge in [0.15, 0.2) is 0 Å². The number of hydrogen-bond acceptors (Lipinski definition) is 4. The summed E-state index contributed by atoms with van der Waals surface area (Å²) in [5.41, 5.74) is -0.805. The van der Waals surface area contributed by atoms with E-state index in [1.807, 2.05) is 19.1 Å². The number of nitrogens with zero attached hydrogens (tertiary/aromatic N) is 2. The summed E-state index contributed by atoms with van der Waals surface area (Å²) < 4.78 is 5.46. The summed E-state index contributed by atoms with van der Waals surface area (Å²) in [6.45, 7) is 4.06. The van der Waals surface area contributed by atoms with Gasteiger partial charge >= 0.3 is 6.03 Å². The Labute approximate surface area is 147 Å². The lowest BCUT2D eigenvalue weighted by Crippen LogP contribution is -2.50. The Morgan fingerprint density at radius 1 is 1.36 bits per heavy atom. The van der Waals surface area contributed by atoms with Gasteiger partial charge in [-0.15, -0.1) is 0 Å². The summed E-state index contributed by atoms with van der Waals surface area (Å²) in [4.78, 5) is 40.0. The number of imide groups is 1. The third-order valence-corrected chi connectivity index (χ3v) is 5.28. The normalized spacial score (nSPS) is 26.2. The molecule has 136 valence electrons. The number of furan rings is 1. The fourth-order valence-electron chi connectivity index (χ4n) is 3.56. The molecule has 1 aromatic heterocycles. The van der Waals surface area contributed by atoms with Crippen LogP contribution in [0.4, 0.5) is 4.79 Å². The lowest BCUT2D eigenvalue weighted by Gasteiger charge is -2.33. The van der Waals surface area contributed by atoms with E-state index >= 15 is 0 Å². The zero-order valence-corrected chi connectivity index (χ0v) is 15.0. The first kappa shape index (κ1) is 17.5. The number of urea groups is 1. The Hall–Kier alpha value is -2.31. The molecule has 2 heterocycles. The van der Waals surface area contributed by atoms with E-state index in [-0.39, 0.29) is 18.4 Å². The lowest BCUT2D eigenvalue weighted by molar-refractivity contribution is -0.139. The van der Waals surface area contributed by atoms with Gasteiger partial charge in [0.25, 0.3) is 5.91 Å². The molecular weight excluding hydrogens is 322 g/mol. The molecule has 1 saturated carbocycles. The van der Waals surface area contributed by atoms with Crippen LogP contribution in [0.1, 0.15) is 44.1 Å². The predicted octanol–water partition coefficient (Wildman–Crippen LogP) is 2.05. The second-order valence-corrected chi connectivity index (χ2v) is 7.35. The van der Waals surface area contributed by atoms with E-state index in [1.54, 1.807) is 7.05 Å². The molecule has 4 amide bonds. The zero-order valence-electron chi connectivity index (χ0n) is 15.0. The third kappa shape index (κ3) is 3.41. The molecule has 0 unspecified atom stereocenters. The second kappa shape index (κ2) is 6.54. The van der Waals surface area contributed by atoms with Crippen molar-refractivity contribution in [3.8, 4) is 0 Å². The molecule has 1 aliphatic heterocycles. The van der Waals surface area contributed by atoms with Gasteiger partial charge in [-0.25, -0.2) is 4.79 Å². The highest BCUT2D eigenvalue weighted by Gasteiger charge is 2.52. The van der Waals surface area contributed by atoms with Crippen LogP contribution in [0.3, 0.4) is 0 Å². The maximum atomic E-state index is 12.8. The van der Waals surface area contributed by atoms with E-state index in [0.717, 1.165) is 23.5 Å². The van der Waals surface area contributed by atoms with Gasteiger partial charge in [-0.2, -0.15) is 0 Å². The fraction of sp³-hybridized carbons (Fsp3) is 0.611. The molecule has 1 saturated heterocycles. The van der Waals surface area contributed by atoms with Gasteiger partial charge in [-0.3, -0.25) is 14.5 Å². The van der Waals surface area contributed by atoms with Crippen molar-refractivity contribution in [2.75, 3.05) is 13.6 Å². The van der Waals surface area contributed by atoms with E-state index in [0.29, 0.717) is 31.1 Å². The summed E-state index contributed by atoms with van der Waals surface area (Å²) in [6.07, 6.45) is 3.10. The molecule has 1 spiro atoms. The molecule has 1 aliphatic carbocycles. The Morgan fingerprint density at radius 3 is 2.64 bits per heavy atom. The predicted molar refractivity (Wildman–Crippen MR) is 90.5 cm³/mol. The molecule has 7 nitrogen and oxygen atoms in total. The van der Waals surface area contributed by atoms with Crippen molar-refractivity contribution in [2.45, 2.75) is 51.6 Å². The first-order valence-electron chi connectivity index (χ1n) is 8.74. The molecule has 25 heavy (non-hydrogen) atoms. The Bertz CT molecular complexity index is 688. The van der Waals surface area contributed by atoms with E-state index in [9.17, 15) is 14.4 Å². The summed E-state index contributed by atoms with van der Waals surface area (Å²) in [5, 5.41) is 2.84. The monoisotopic (exact) mass is 347 g/mol. The van der Waals surface area contributed by atoms with Crippen LogP contribution in [0.25, 0.3) is 0 Å².